The third-order valence-corrected chi connectivity index (χ3v) is 2.76. The lowest BCUT2D eigenvalue weighted by molar-refractivity contribution is 0.473. The van der Waals surface area contributed by atoms with Gasteiger partial charge in [0.05, 0.1) is 0 Å². The van der Waals surface area contributed by atoms with Crippen molar-refractivity contribution >= 4 is 11.9 Å². The summed E-state index contributed by atoms with van der Waals surface area (Å²) in [5.41, 5.74) is 1.07. The first-order valence-corrected chi connectivity index (χ1v) is 5.54. The monoisotopic (exact) mass is 235 g/mol. The van der Waals surface area contributed by atoms with E-state index in [2.05, 4.69) is 0 Å². The number of rotatable bonds is 2. The van der Waals surface area contributed by atoms with Crippen LogP contribution in [0.1, 0.15) is 0 Å². The smallest absolute Gasteiger partial charge is 0.131 e. The summed E-state index contributed by atoms with van der Waals surface area (Å²) in [5, 5.41) is 14.8. The van der Waals surface area contributed by atoms with Gasteiger partial charge in [-0.1, -0.05) is 12.1 Å². The van der Waals surface area contributed by atoms with Crippen LogP contribution in [-0.2, 0) is 0 Å². The summed E-state index contributed by atoms with van der Waals surface area (Å²) in [7, 11) is 0. The van der Waals surface area contributed by atoms with Gasteiger partial charge in [-0.05, 0) is 47.8 Å². The minimum absolute atomic E-state index is 0.0437. The lowest BCUT2D eigenvalue weighted by atomic mass is 10.1. The van der Waals surface area contributed by atoms with Crippen molar-refractivity contribution in [3.8, 4) is 16.9 Å². The molecule has 0 aliphatic heterocycles. The minimum atomic E-state index is -0.364. The number of hydrogen-bond acceptors (Lipinski definition) is 3. The molecule has 0 spiro atoms. The van der Waals surface area contributed by atoms with Gasteiger partial charge in [0, 0.05) is 10.5 Å². The lowest BCUT2D eigenvalue weighted by Gasteiger charge is -2.05. The van der Waals surface area contributed by atoms with Crippen LogP contribution in [0.5, 0.6) is 5.75 Å². The Morgan fingerprint density at radius 3 is 2.69 bits per heavy atom. The number of benzene rings is 2. The fraction of sp³-hybridized carbons (Fsp3) is 0. The zero-order valence-electron chi connectivity index (χ0n) is 8.35. The van der Waals surface area contributed by atoms with Crippen LogP contribution < -0.4 is 5.14 Å². The molecule has 82 valence electrons. The summed E-state index contributed by atoms with van der Waals surface area (Å²) >= 11 is 1.10. The van der Waals surface area contributed by atoms with Gasteiger partial charge in [0.25, 0.3) is 0 Å². The molecule has 0 aromatic heterocycles. The largest absolute Gasteiger partial charge is 0.508 e. The summed E-state index contributed by atoms with van der Waals surface area (Å²) in [4.78, 5) is 0.847. The normalized spacial score (nSPS) is 10.4. The average Bonchev–Trinajstić information content (AvgIpc) is 2.32. The fourth-order valence-electron chi connectivity index (χ4n) is 1.47. The van der Waals surface area contributed by atoms with Crippen LogP contribution in [-0.4, -0.2) is 5.11 Å². The summed E-state index contributed by atoms with van der Waals surface area (Å²) < 4.78 is 13.5. The van der Waals surface area contributed by atoms with Gasteiger partial charge in [0.15, 0.2) is 0 Å². The zero-order chi connectivity index (χ0) is 11.5. The van der Waals surface area contributed by atoms with E-state index >= 15 is 0 Å². The number of halogens is 1. The molecule has 4 heteroatoms. The van der Waals surface area contributed by atoms with E-state index in [-0.39, 0.29) is 11.6 Å². The van der Waals surface area contributed by atoms with E-state index in [9.17, 15) is 9.50 Å². The van der Waals surface area contributed by atoms with Crippen LogP contribution in [0.4, 0.5) is 4.39 Å². The molecule has 2 nitrogen and oxygen atoms in total. The standard InChI is InChI=1S/C12H10FNOS/c13-12-5-4-9(15)7-11(12)8-2-1-3-10(6-8)16-14/h1-7,15H,14H2. The maximum atomic E-state index is 13.5. The number of phenolic OH excluding ortho intramolecular Hbond substituents is 1. The Balaban J connectivity index is 2.53. The maximum absolute atomic E-state index is 13.5. The Morgan fingerprint density at radius 2 is 1.94 bits per heavy atom. The highest BCUT2D eigenvalue weighted by atomic mass is 32.2. The summed E-state index contributed by atoms with van der Waals surface area (Å²) in [6.45, 7) is 0. The molecule has 16 heavy (non-hydrogen) atoms. The number of aromatic hydroxyl groups is 1. The second-order valence-corrected chi connectivity index (χ2v) is 4.02. The Hall–Kier alpha value is -1.52. The van der Waals surface area contributed by atoms with Crippen molar-refractivity contribution in [2.45, 2.75) is 4.90 Å². The SMILES string of the molecule is NSc1cccc(-c2cc(O)ccc2F)c1. The predicted molar refractivity (Wildman–Crippen MR) is 63.5 cm³/mol. The van der Waals surface area contributed by atoms with E-state index in [4.69, 9.17) is 5.14 Å². The molecule has 0 atom stereocenters. The first-order valence-electron chi connectivity index (χ1n) is 4.66. The molecular formula is C12H10FNOS. The van der Waals surface area contributed by atoms with Gasteiger partial charge in [-0.15, -0.1) is 0 Å². The van der Waals surface area contributed by atoms with Gasteiger partial charge >= 0.3 is 0 Å². The highest BCUT2D eigenvalue weighted by molar-refractivity contribution is 7.97. The van der Waals surface area contributed by atoms with E-state index in [1.807, 2.05) is 6.07 Å². The summed E-state index contributed by atoms with van der Waals surface area (Å²) in [5.74, 6) is -0.320. The lowest BCUT2D eigenvalue weighted by Crippen LogP contribution is -1.85. The third-order valence-electron chi connectivity index (χ3n) is 2.23. The third kappa shape index (κ3) is 2.18. The molecule has 2 rings (SSSR count). The van der Waals surface area contributed by atoms with Crippen LogP contribution in [0.25, 0.3) is 11.1 Å². The first-order chi connectivity index (χ1) is 7.70. The maximum Gasteiger partial charge on any atom is 0.131 e. The molecule has 0 amide bonds. The second-order valence-electron chi connectivity index (χ2n) is 3.31. The van der Waals surface area contributed by atoms with Gasteiger partial charge in [-0.25, -0.2) is 4.39 Å². The van der Waals surface area contributed by atoms with Crippen LogP contribution >= 0.6 is 11.9 Å². The molecule has 0 saturated heterocycles. The van der Waals surface area contributed by atoms with Gasteiger partial charge in [-0.2, -0.15) is 0 Å². The molecule has 0 unspecified atom stereocenters. The molecule has 3 N–H and O–H groups in total. The van der Waals surface area contributed by atoms with Crippen molar-refractivity contribution in [3.05, 3.63) is 48.3 Å². The number of hydrogen-bond donors (Lipinski definition) is 2. The molecule has 0 aliphatic rings. The molecule has 0 fully saturated rings. The minimum Gasteiger partial charge on any atom is -0.508 e. The molecule has 0 radical (unpaired) electrons. The molecule has 0 aliphatic carbocycles. The molecule has 0 heterocycles. The highest BCUT2D eigenvalue weighted by Crippen LogP contribution is 2.28. The van der Waals surface area contributed by atoms with Gasteiger partial charge in [0.1, 0.15) is 11.6 Å². The number of phenols is 1. The topological polar surface area (TPSA) is 46.2 Å². The summed E-state index contributed by atoms with van der Waals surface area (Å²) in [6.07, 6.45) is 0. The van der Waals surface area contributed by atoms with Gasteiger partial charge in [0.2, 0.25) is 0 Å². The van der Waals surface area contributed by atoms with Crippen molar-refractivity contribution in [1.82, 2.24) is 0 Å². The van der Waals surface area contributed by atoms with E-state index in [1.165, 1.54) is 18.2 Å². The van der Waals surface area contributed by atoms with Crippen molar-refractivity contribution in [2.75, 3.05) is 0 Å². The Kier molecular flexibility index (Phi) is 3.12. The van der Waals surface area contributed by atoms with Crippen molar-refractivity contribution in [3.63, 3.8) is 0 Å². The molecule has 0 saturated carbocycles. The van der Waals surface area contributed by atoms with Crippen molar-refractivity contribution < 1.29 is 9.50 Å². The zero-order valence-corrected chi connectivity index (χ0v) is 9.17. The highest BCUT2D eigenvalue weighted by Gasteiger charge is 2.06. The number of nitrogens with two attached hydrogens (primary N) is 1. The van der Waals surface area contributed by atoms with Crippen molar-refractivity contribution in [1.29, 1.82) is 0 Å². The van der Waals surface area contributed by atoms with Crippen LogP contribution in [0.15, 0.2) is 47.4 Å². The van der Waals surface area contributed by atoms with E-state index in [1.54, 1.807) is 18.2 Å². The Morgan fingerprint density at radius 1 is 1.12 bits per heavy atom. The van der Waals surface area contributed by atoms with Gasteiger partial charge < -0.3 is 5.11 Å². The first kappa shape index (κ1) is 11.0. The second kappa shape index (κ2) is 4.55. The van der Waals surface area contributed by atoms with E-state index < -0.39 is 0 Å². The summed E-state index contributed by atoms with van der Waals surface area (Å²) in [6, 6.07) is 11.2. The van der Waals surface area contributed by atoms with Crippen LogP contribution in [0, 0.1) is 5.82 Å². The molecule has 2 aromatic carbocycles. The quantitative estimate of drug-likeness (QED) is 0.786. The van der Waals surface area contributed by atoms with Crippen LogP contribution in [0.2, 0.25) is 0 Å². The average molecular weight is 235 g/mol. The van der Waals surface area contributed by atoms with E-state index in [0.29, 0.717) is 11.1 Å². The predicted octanol–water partition coefficient (Wildman–Crippen LogP) is 3.16. The van der Waals surface area contributed by atoms with E-state index in [0.717, 1.165) is 16.8 Å². The molecular weight excluding hydrogens is 225 g/mol. The molecule has 0 bridgehead atoms. The Labute approximate surface area is 97.0 Å². The van der Waals surface area contributed by atoms with Crippen molar-refractivity contribution in [2.24, 2.45) is 5.14 Å². The Bertz CT molecular complexity index is 516. The van der Waals surface area contributed by atoms with Gasteiger partial charge in [-0.3, -0.25) is 5.14 Å². The molecule has 2 aromatic rings. The van der Waals surface area contributed by atoms with Crippen LogP contribution in [0.3, 0.4) is 0 Å². The fourth-order valence-corrected chi connectivity index (χ4v) is 1.82.